The molecule has 1 aliphatic carbocycles. The predicted molar refractivity (Wildman–Crippen MR) is 109 cm³/mol. The molecule has 2 aromatic rings. The first-order chi connectivity index (χ1) is 12.9. The zero-order valence-electron chi connectivity index (χ0n) is 16.4. The summed E-state index contributed by atoms with van der Waals surface area (Å²) in [6.07, 6.45) is 8.04. The number of rotatable bonds is 2. The van der Waals surface area contributed by atoms with E-state index in [4.69, 9.17) is 4.74 Å². The van der Waals surface area contributed by atoms with Gasteiger partial charge >= 0.3 is 6.09 Å². The highest BCUT2D eigenvalue weighted by Gasteiger charge is 2.27. The maximum Gasteiger partial charge on any atom is 0.407 e. The van der Waals surface area contributed by atoms with Crippen molar-refractivity contribution >= 4 is 33.5 Å². The van der Waals surface area contributed by atoms with Crippen LogP contribution in [0.3, 0.4) is 0 Å². The summed E-state index contributed by atoms with van der Waals surface area (Å²) in [4.78, 5) is 26.2. The number of alkyl carbamates (subject to hydrolysis) is 1. The number of aromatic nitrogens is 2. The summed E-state index contributed by atoms with van der Waals surface area (Å²) in [5.41, 5.74) is 1.01. The van der Waals surface area contributed by atoms with E-state index in [1.807, 2.05) is 32.1 Å². The molecule has 0 radical (unpaired) electrons. The summed E-state index contributed by atoms with van der Waals surface area (Å²) in [7, 11) is 0. The van der Waals surface area contributed by atoms with E-state index in [-0.39, 0.29) is 12.1 Å². The quantitative estimate of drug-likeness (QED) is 0.840. The molecule has 0 saturated carbocycles. The van der Waals surface area contributed by atoms with Gasteiger partial charge in [-0.1, -0.05) is 0 Å². The number of carbonyl (C=O) groups excluding carboxylic acids is 1. The van der Waals surface area contributed by atoms with Crippen LogP contribution in [0, 0.1) is 0 Å². The fourth-order valence-electron chi connectivity index (χ4n) is 4.02. The number of fused-ring (bicyclic) bond motifs is 3. The maximum atomic E-state index is 12.0. The Morgan fingerprint density at radius 3 is 2.70 bits per heavy atom. The number of nitrogens with one attached hydrogen (secondary N) is 1. The minimum Gasteiger partial charge on any atom is -0.444 e. The molecule has 2 aromatic heterocycles. The Bertz CT molecular complexity index is 834. The molecule has 0 spiro atoms. The molecule has 0 bridgehead atoms. The van der Waals surface area contributed by atoms with Crippen LogP contribution in [-0.2, 0) is 17.6 Å². The van der Waals surface area contributed by atoms with E-state index in [0.717, 1.165) is 43.0 Å². The third-order valence-corrected chi connectivity index (χ3v) is 6.45. The van der Waals surface area contributed by atoms with E-state index < -0.39 is 5.60 Å². The first-order valence-electron chi connectivity index (χ1n) is 9.90. The van der Waals surface area contributed by atoms with Gasteiger partial charge < -0.3 is 15.0 Å². The van der Waals surface area contributed by atoms with Gasteiger partial charge in [0.1, 0.15) is 22.6 Å². The van der Waals surface area contributed by atoms with Crippen LogP contribution in [0.15, 0.2) is 6.33 Å². The number of aryl methyl sites for hydroxylation is 2. The van der Waals surface area contributed by atoms with Crippen molar-refractivity contribution in [3.05, 3.63) is 16.8 Å². The van der Waals surface area contributed by atoms with E-state index in [1.54, 1.807) is 6.33 Å². The summed E-state index contributed by atoms with van der Waals surface area (Å²) in [5, 5.41) is 4.28. The van der Waals surface area contributed by atoms with Crippen LogP contribution in [-0.4, -0.2) is 40.8 Å². The topological polar surface area (TPSA) is 67.3 Å². The van der Waals surface area contributed by atoms with E-state index in [9.17, 15) is 4.79 Å². The Hall–Kier alpha value is -1.89. The number of hydrogen-bond acceptors (Lipinski definition) is 6. The first-order valence-corrected chi connectivity index (χ1v) is 10.7. The third kappa shape index (κ3) is 4.03. The highest BCUT2D eigenvalue weighted by Crippen LogP contribution is 2.39. The number of nitrogens with zero attached hydrogens (tertiary/aromatic N) is 3. The smallest absolute Gasteiger partial charge is 0.407 e. The van der Waals surface area contributed by atoms with Gasteiger partial charge in [0.05, 0.1) is 5.39 Å². The molecule has 1 fully saturated rings. The van der Waals surface area contributed by atoms with Gasteiger partial charge in [0.2, 0.25) is 0 Å². The molecular weight excluding hydrogens is 360 g/mol. The van der Waals surface area contributed by atoms with Gasteiger partial charge in [0.25, 0.3) is 0 Å². The molecule has 1 aliphatic heterocycles. The van der Waals surface area contributed by atoms with Gasteiger partial charge in [-0.3, -0.25) is 0 Å². The fourth-order valence-corrected chi connectivity index (χ4v) is 5.25. The van der Waals surface area contributed by atoms with Crippen molar-refractivity contribution in [2.45, 2.75) is 70.9 Å². The molecule has 146 valence electrons. The lowest BCUT2D eigenvalue weighted by Crippen LogP contribution is -2.46. The normalized spacial score (nSPS) is 18.4. The van der Waals surface area contributed by atoms with Gasteiger partial charge in [-0.15, -0.1) is 11.3 Å². The van der Waals surface area contributed by atoms with Crippen molar-refractivity contribution in [1.29, 1.82) is 0 Å². The minimum atomic E-state index is -0.463. The molecule has 3 heterocycles. The van der Waals surface area contributed by atoms with Gasteiger partial charge in [0.15, 0.2) is 0 Å². The van der Waals surface area contributed by atoms with Crippen LogP contribution in [0.25, 0.3) is 10.2 Å². The van der Waals surface area contributed by atoms with E-state index in [0.29, 0.717) is 0 Å². The van der Waals surface area contributed by atoms with Crippen LogP contribution >= 0.6 is 11.3 Å². The second-order valence-corrected chi connectivity index (χ2v) is 9.58. The molecule has 7 heteroatoms. The lowest BCUT2D eigenvalue weighted by atomic mass is 9.96. The predicted octanol–water partition coefficient (Wildman–Crippen LogP) is 4.06. The Morgan fingerprint density at radius 2 is 1.96 bits per heavy atom. The lowest BCUT2D eigenvalue weighted by molar-refractivity contribution is 0.0497. The fraction of sp³-hybridized carbons (Fsp3) is 0.650. The third-order valence-electron chi connectivity index (χ3n) is 5.25. The molecule has 1 N–H and O–H groups in total. The maximum absolute atomic E-state index is 12.0. The average Bonchev–Trinajstić information content (AvgIpc) is 2.99. The molecule has 6 nitrogen and oxygen atoms in total. The Morgan fingerprint density at radius 1 is 1.22 bits per heavy atom. The molecule has 4 rings (SSSR count). The monoisotopic (exact) mass is 388 g/mol. The second-order valence-electron chi connectivity index (χ2n) is 8.50. The summed E-state index contributed by atoms with van der Waals surface area (Å²) in [6, 6.07) is 0.157. The van der Waals surface area contributed by atoms with Crippen molar-refractivity contribution in [1.82, 2.24) is 15.3 Å². The van der Waals surface area contributed by atoms with Gasteiger partial charge in [-0.25, -0.2) is 14.8 Å². The number of ether oxygens (including phenoxy) is 1. The van der Waals surface area contributed by atoms with Crippen LogP contribution in [0.1, 0.15) is 56.9 Å². The molecule has 0 unspecified atom stereocenters. The highest BCUT2D eigenvalue weighted by atomic mass is 32.1. The van der Waals surface area contributed by atoms with Crippen molar-refractivity contribution in [3.8, 4) is 0 Å². The van der Waals surface area contributed by atoms with Crippen molar-refractivity contribution in [2.75, 3.05) is 18.0 Å². The number of amides is 1. The Kier molecular flexibility index (Phi) is 4.97. The van der Waals surface area contributed by atoms with Gasteiger partial charge in [-0.2, -0.15) is 0 Å². The lowest BCUT2D eigenvalue weighted by Gasteiger charge is -2.34. The van der Waals surface area contributed by atoms with Crippen LogP contribution in [0.5, 0.6) is 0 Å². The first kappa shape index (κ1) is 18.5. The summed E-state index contributed by atoms with van der Waals surface area (Å²) in [5.74, 6) is 1.08. The van der Waals surface area contributed by atoms with Crippen molar-refractivity contribution in [3.63, 3.8) is 0 Å². The summed E-state index contributed by atoms with van der Waals surface area (Å²) < 4.78 is 5.38. The van der Waals surface area contributed by atoms with Crippen LogP contribution in [0.4, 0.5) is 10.6 Å². The SMILES string of the molecule is CC(C)(C)OC(=O)NC1CCN(c2ncnc3sc4c(c23)CCCC4)CC1. The minimum absolute atomic E-state index is 0.157. The van der Waals surface area contributed by atoms with E-state index in [1.165, 1.54) is 35.1 Å². The molecule has 1 amide bonds. The van der Waals surface area contributed by atoms with Gasteiger partial charge in [0, 0.05) is 24.0 Å². The average molecular weight is 389 g/mol. The number of piperidine rings is 1. The van der Waals surface area contributed by atoms with Crippen molar-refractivity contribution in [2.24, 2.45) is 0 Å². The Labute approximate surface area is 164 Å². The molecule has 27 heavy (non-hydrogen) atoms. The summed E-state index contributed by atoms with van der Waals surface area (Å²) in [6.45, 7) is 7.43. The number of anilines is 1. The standard InChI is InChI=1S/C20H28N4O2S/c1-20(2,3)26-19(25)23-13-8-10-24(11-9-13)17-16-14-6-4-5-7-15(14)27-18(16)22-12-21-17/h12-13H,4-11H2,1-3H3,(H,23,25). The van der Waals surface area contributed by atoms with Crippen LogP contribution < -0.4 is 10.2 Å². The highest BCUT2D eigenvalue weighted by molar-refractivity contribution is 7.19. The zero-order valence-corrected chi connectivity index (χ0v) is 17.2. The number of hydrogen-bond donors (Lipinski definition) is 1. The second kappa shape index (κ2) is 7.26. The summed E-state index contributed by atoms with van der Waals surface area (Å²) >= 11 is 1.84. The van der Waals surface area contributed by atoms with Crippen molar-refractivity contribution < 1.29 is 9.53 Å². The van der Waals surface area contributed by atoms with Crippen LogP contribution in [0.2, 0.25) is 0 Å². The molecular formula is C20H28N4O2S. The zero-order chi connectivity index (χ0) is 19.0. The Balaban J connectivity index is 1.46. The number of thiophene rings is 1. The van der Waals surface area contributed by atoms with Gasteiger partial charge in [-0.05, 0) is 64.9 Å². The molecule has 0 aromatic carbocycles. The largest absolute Gasteiger partial charge is 0.444 e. The molecule has 0 atom stereocenters. The number of carbonyl (C=O) groups is 1. The molecule has 1 saturated heterocycles. The molecule has 2 aliphatic rings. The van der Waals surface area contributed by atoms with E-state index in [2.05, 4.69) is 20.2 Å². The van der Waals surface area contributed by atoms with E-state index >= 15 is 0 Å².